The Labute approximate surface area is 92.7 Å². The summed E-state index contributed by atoms with van der Waals surface area (Å²) < 4.78 is 1.91. The molecule has 0 saturated heterocycles. The normalized spacial score (nSPS) is 13.0. The highest BCUT2D eigenvalue weighted by Crippen LogP contribution is 2.16. The lowest BCUT2D eigenvalue weighted by atomic mass is 10.1. The van der Waals surface area contributed by atoms with Crippen LogP contribution in [0.5, 0.6) is 0 Å². The van der Waals surface area contributed by atoms with Crippen LogP contribution in [-0.4, -0.2) is 20.7 Å². The van der Waals surface area contributed by atoms with Crippen molar-refractivity contribution in [2.75, 3.05) is 0 Å². The number of carbonyl (C=O) groups is 1. The first-order chi connectivity index (χ1) is 7.09. The molecule has 0 bridgehead atoms. The summed E-state index contributed by atoms with van der Waals surface area (Å²) in [5.74, 6) is -0.0655. The topological polar surface area (TPSA) is 34.9 Å². The molecule has 0 spiro atoms. The quantitative estimate of drug-likeness (QED) is 0.578. The number of imidazole rings is 1. The van der Waals surface area contributed by atoms with Crippen LogP contribution in [0.2, 0.25) is 0 Å². The highest BCUT2D eigenvalue weighted by molar-refractivity contribution is 6.33. The lowest BCUT2D eigenvalue weighted by molar-refractivity contribution is 0.0992. The molecular formula is C11H11ClN2O. The van der Waals surface area contributed by atoms with Gasteiger partial charge in [-0.05, 0) is 25.1 Å². The van der Waals surface area contributed by atoms with Crippen LogP contribution in [0.3, 0.4) is 0 Å². The Kier molecular flexibility index (Phi) is 2.49. The molecular weight excluding hydrogens is 212 g/mol. The molecule has 0 saturated carbocycles. The zero-order chi connectivity index (χ0) is 11.0. The molecule has 1 atom stereocenters. The van der Waals surface area contributed by atoms with Crippen LogP contribution in [0.4, 0.5) is 0 Å². The molecule has 0 aliphatic carbocycles. The number of rotatable bonds is 2. The van der Waals surface area contributed by atoms with E-state index in [0.29, 0.717) is 5.56 Å². The second-order valence-corrected chi connectivity index (χ2v) is 4.19. The minimum atomic E-state index is -0.494. The standard InChI is InChI=1S/C11H11ClN2O/c1-7(12)11(15)8-3-4-10-9(5-8)13-6-14(10)2/h3-7H,1-2H3. The van der Waals surface area contributed by atoms with Gasteiger partial charge in [0.15, 0.2) is 5.78 Å². The highest BCUT2D eigenvalue weighted by Gasteiger charge is 2.13. The zero-order valence-electron chi connectivity index (χ0n) is 8.57. The fraction of sp³-hybridized carbons (Fsp3) is 0.273. The molecule has 3 nitrogen and oxygen atoms in total. The predicted octanol–water partition coefficient (Wildman–Crippen LogP) is 2.38. The summed E-state index contributed by atoms with van der Waals surface area (Å²) in [6.07, 6.45) is 1.73. The fourth-order valence-corrected chi connectivity index (χ4v) is 1.65. The first kappa shape index (κ1) is 10.2. The molecule has 0 aliphatic heterocycles. The number of hydrogen-bond donors (Lipinski definition) is 0. The SMILES string of the molecule is CC(Cl)C(=O)c1ccc2c(c1)ncn2C. The van der Waals surface area contributed by atoms with E-state index in [4.69, 9.17) is 11.6 Å². The van der Waals surface area contributed by atoms with Crippen molar-refractivity contribution >= 4 is 28.4 Å². The number of halogens is 1. The van der Waals surface area contributed by atoms with E-state index in [1.54, 1.807) is 25.4 Å². The van der Waals surface area contributed by atoms with Crippen molar-refractivity contribution in [2.45, 2.75) is 12.3 Å². The van der Waals surface area contributed by atoms with E-state index in [-0.39, 0.29) is 5.78 Å². The second-order valence-electron chi connectivity index (χ2n) is 3.54. The molecule has 4 heteroatoms. The average Bonchev–Trinajstić information content (AvgIpc) is 2.59. The number of nitrogens with zero attached hydrogens (tertiary/aromatic N) is 2. The molecule has 0 radical (unpaired) electrons. The van der Waals surface area contributed by atoms with Gasteiger partial charge in [-0.3, -0.25) is 4.79 Å². The van der Waals surface area contributed by atoms with Gasteiger partial charge in [0.25, 0.3) is 0 Å². The molecule has 0 fully saturated rings. The number of aryl methyl sites for hydroxylation is 1. The van der Waals surface area contributed by atoms with Crippen molar-refractivity contribution < 1.29 is 4.79 Å². The van der Waals surface area contributed by atoms with Gasteiger partial charge >= 0.3 is 0 Å². The van der Waals surface area contributed by atoms with E-state index >= 15 is 0 Å². The number of alkyl halides is 1. The van der Waals surface area contributed by atoms with Gasteiger partial charge in [0.2, 0.25) is 0 Å². The first-order valence-electron chi connectivity index (χ1n) is 4.69. The Balaban J connectivity index is 2.52. The minimum absolute atomic E-state index is 0.0655. The summed E-state index contributed by atoms with van der Waals surface area (Å²) in [6, 6.07) is 5.44. The van der Waals surface area contributed by atoms with Crippen LogP contribution in [0, 0.1) is 0 Å². The van der Waals surface area contributed by atoms with E-state index < -0.39 is 5.38 Å². The maximum atomic E-state index is 11.6. The van der Waals surface area contributed by atoms with E-state index in [9.17, 15) is 4.79 Å². The molecule has 0 amide bonds. The van der Waals surface area contributed by atoms with Crippen molar-refractivity contribution in [1.82, 2.24) is 9.55 Å². The third-order valence-corrected chi connectivity index (χ3v) is 2.57. The molecule has 2 aromatic rings. The van der Waals surface area contributed by atoms with Crippen molar-refractivity contribution in [2.24, 2.45) is 7.05 Å². The summed E-state index contributed by atoms with van der Waals surface area (Å²) in [4.78, 5) is 15.8. The number of Topliss-reactive ketones (excluding diaryl/α,β-unsaturated/α-hetero) is 1. The van der Waals surface area contributed by atoms with Gasteiger partial charge < -0.3 is 4.57 Å². The van der Waals surface area contributed by atoms with Crippen LogP contribution in [0.1, 0.15) is 17.3 Å². The molecule has 1 aromatic heterocycles. The smallest absolute Gasteiger partial charge is 0.180 e. The molecule has 2 rings (SSSR count). The number of benzene rings is 1. The van der Waals surface area contributed by atoms with Crippen molar-refractivity contribution in [3.63, 3.8) is 0 Å². The Morgan fingerprint density at radius 1 is 1.53 bits per heavy atom. The minimum Gasteiger partial charge on any atom is -0.334 e. The largest absolute Gasteiger partial charge is 0.334 e. The van der Waals surface area contributed by atoms with Crippen LogP contribution >= 0.6 is 11.6 Å². The Hall–Kier alpha value is -1.35. The molecule has 1 aromatic carbocycles. The van der Waals surface area contributed by atoms with Gasteiger partial charge in [-0.2, -0.15) is 0 Å². The van der Waals surface area contributed by atoms with Gasteiger partial charge in [0, 0.05) is 12.6 Å². The molecule has 1 unspecified atom stereocenters. The molecule has 1 heterocycles. The second kappa shape index (κ2) is 3.66. The molecule has 0 N–H and O–H groups in total. The van der Waals surface area contributed by atoms with E-state index in [0.717, 1.165) is 11.0 Å². The number of aromatic nitrogens is 2. The van der Waals surface area contributed by atoms with Gasteiger partial charge in [0.05, 0.1) is 22.7 Å². The van der Waals surface area contributed by atoms with Crippen LogP contribution in [0.25, 0.3) is 11.0 Å². The maximum absolute atomic E-state index is 11.6. The monoisotopic (exact) mass is 222 g/mol. The van der Waals surface area contributed by atoms with Gasteiger partial charge in [-0.1, -0.05) is 0 Å². The van der Waals surface area contributed by atoms with Gasteiger partial charge in [-0.25, -0.2) is 4.98 Å². The third-order valence-electron chi connectivity index (χ3n) is 2.37. The van der Waals surface area contributed by atoms with Gasteiger partial charge in [0.1, 0.15) is 0 Å². The Morgan fingerprint density at radius 3 is 2.93 bits per heavy atom. The van der Waals surface area contributed by atoms with Gasteiger partial charge in [-0.15, -0.1) is 11.6 Å². The van der Waals surface area contributed by atoms with Crippen molar-refractivity contribution in [3.05, 3.63) is 30.1 Å². The van der Waals surface area contributed by atoms with Crippen LogP contribution in [-0.2, 0) is 7.05 Å². The van der Waals surface area contributed by atoms with E-state index in [1.807, 2.05) is 17.7 Å². The molecule has 0 aliphatic rings. The summed E-state index contributed by atoms with van der Waals surface area (Å²) in [5, 5.41) is -0.494. The van der Waals surface area contributed by atoms with E-state index in [2.05, 4.69) is 4.98 Å². The summed E-state index contributed by atoms with van der Waals surface area (Å²) in [7, 11) is 1.92. The lowest BCUT2D eigenvalue weighted by Crippen LogP contribution is -2.10. The lowest BCUT2D eigenvalue weighted by Gasteiger charge is -2.02. The predicted molar refractivity (Wildman–Crippen MR) is 60.4 cm³/mol. The number of fused-ring (bicyclic) bond motifs is 1. The zero-order valence-corrected chi connectivity index (χ0v) is 9.32. The Morgan fingerprint density at radius 2 is 2.27 bits per heavy atom. The number of ketones is 1. The average molecular weight is 223 g/mol. The summed E-state index contributed by atoms with van der Waals surface area (Å²) >= 11 is 5.74. The fourth-order valence-electron chi connectivity index (χ4n) is 1.52. The third kappa shape index (κ3) is 1.75. The Bertz CT molecular complexity index is 516. The van der Waals surface area contributed by atoms with Crippen molar-refractivity contribution in [1.29, 1.82) is 0 Å². The van der Waals surface area contributed by atoms with E-state index in [1.165, 1.54) is 0 Å². The van der Waals surface area contributed by atoms with Crippen LogP contribution < -0.4 is 0 Å². The molecule has 15 heavy (non-hydrogen) atoms. The van der Waals surface area contributed by atoms with Crippen molar-refractivity contribution in [3.8, 4) is 0 Å². The first-order valence-corrected chi connectivity index (χ1v) is 5.12. The number of hydrogen-bond acceptors (Lipinski definition) is 2. The summed E-state index contributed by atoms with van der Waals surface area (Å²) in [6.45, 7) is 1.67. The highest BCUT2D eigenvalue weighted by atomic mass is 35.5. The molecule has 78 valence electrons. The number of carbonyl (C=O) groups excluding carboxylic acids is 1. The van der Waals surface area contributed by atoms with Crippen LogP contribution in [0.15, 0.2) is 24.5 Å². The summed E-state index contributed by atoms with van der Waals surface area (Å²) in [5.41, 5.74) is 2.44. The maximum Gasteiger partial charge on any atom is 0.180 e.